The zero-order valence-corrected chi connectivity index (χ0v) is 16.9. The molecular weight excluding hydrogens is 380 g/mol. The van der Waals surface area contributed by atoms with Crippen LogP contribution in [0.4, 0.5) is 5.82 Å². The Bertz CT molecular complexity index is 1110. The predicted octanol–water partition coefficient (Wildman–Crippen LogP) is 6.46. The van der Waals surface area contributed by atoms with Crippen LogP contribution in [0, 0.1) is 0 Å². The molecule has 4 nitrogen and oxygen atoms in total. The van der Waals surface area contributed by atoms with Crippen LogP contribution in [-0.4, -0.2) is 20.6 Å². The van der Waals surface area contributed by atoms with Crippen LogP contribution in [-0.2, 0) is 0 Å². The number of aromatic nitrogens is 3. The number of hydrogen-bond acceptors (Lipinski definition) is 3. The van der Waals surface area contributed by atoms with Gasteiger partial charge in [-0.15, -0.1) is 0 Å². The molecular formula is C24H23ClN4. The molecule has 1 aliphatic carbocycles. The number of halogens is 1. The van der Waals surface area contributed by atoms with Gasteiger partial charge in [-0.05, 0) is 30.5 Å². The number of rotatable bonds is 4. The van der Waals surface area contributed by atoms with Crippen molar-refractivity contribution in [1.29, 1.82) is 0 Å². The average Bonchev–Trinajstić information content (AvgIpc) is 3.20. The standard InChI is InChI=1S/C24H23ClN4/c25-19-13-11-17(12-14-19)21-16-26-29-23(27-20-9-5-2-6-10-20)15-22(28-24(21)29)18-7-3-1-4-8-18/h1,3-4,7-8,11-16,20,27H,2,5-6,9-10H2. The van der Waals surface area contributed by atoms with Crippen LogP contribution in [0.15, 0.2) is 66.9 Å². The molecule has 146 valence electrons. The lowest BCUT2D eigenvalue weighted by molar-refractivity contribution is 0.461. The smallest absolute Gasteiger partial charge is 0.165 e. The summed E-state index contributed by atoms with van der Waals surface area (Å²) >= 11 is 6.08. The summed E-state index contributed by atoms with van der Waals surface area (Å²) in [5.74, 6) is 1.00. The third-order valence-electron chi connectivity index (χ3n) is 5.65. The summed E-state index contributed by atoms with van der Waals surface area (Å²) in [6.45, 7) is 0. The summed E-state index contributed by atoms with van der Waals surface area (Å²) in [4.78, 5) is 4.99. The first kappa shape index (κ1) is 18.2. The highest BCUT2D eigenvalue weighted by Gasteiger charge is 2.18. The van der Waals surface area contributed by atoms with Gasteiger partial charge in [0.1, 0.15) is 5.82 Å². The predicted molar refractivity (Wildman–Crippen MR) is 119 cm³/mol. The molecule has 2 aromatic heterocycles. The molecule has 1 aliphatic rings. The Balaban J connectivity index is 1.65. The number of nitrogens with zero attached hydrogens (tertiary/aromatic N) is 3. The van der Waals surface area contributed by atoms with E-state index in [0.29, 0.717) is 6.04 Å². The molecule has 0 unspecified atom stereocenters. The molecule has 5 heteroatoms. The fourth-order valence-corrected chi connectivity index (χ4v) is 4.24. The first-order chi connectivity index (χ1) is 14.3. The zero-order valence-electron chi connectivity index (χ0n) is 16.2. The van der Waals surface area contributed by atoms with Gasteiger partial charge in [0.05, 0.1) is 11.9 Å². The van der Waals surface area contributed by atoms with Gasteiger partial charge in [0, 0.05) is 28.3 Å². The molecule has 2 heterocycles. The van der Waals surface area contributed by atoms with E-state index in [1.165, 1.54) is 32.1 Å². The molecule has 2 aromatic carbocycles. The maximum Gasteiger partial charge on any atom is 0.165 e. The second-order valence-electron chi connectivity index (χ2n) is 7.67. The molecule has 29 heavy (non-hydrogen) atoms. The Kier molecular flexibility index (Phi) is 4.94. The van der Waals surface area contributed by atoms with E-state index in [4.69, 9.17) is 16.6 Å². The number of anilines is 1. The molecule has 0 saturated heterocycles. The number of nitrogens with one attached hydrogen (secondary N) is 1. The second-order valence-corrected chi connectivity index (χ2v) is 8.11. The van der Waals surface area contributed by atoms with E-state index in [1.807, 2.05) is 53.2 Å². The molecule has 5 rings (SSSR count). The van der Waals surface area contributed by atoms with E-state index in [9.17, 15) is 0 Å². The lowest BCUT2D eigenvalue weighted by atomic mass is 9.95. The van der Waals surface area contributed by atoms with Gasteiger partial charge >= 0.3 is 0 Å². The van der Waals surface area contributed by atoms with Gasteiger partial charge in [-0.3, -0.25) is 0 Å². The quantitative estimate of drug-likeness (QED) is 0.425. The molecule has 0 aliphatic heterocycles. The van der Waals surface area contributed by atoms with Crippen molar-refractivity contribution in [2.75, 3.05) is 5.32 Å². The summed E-state index contributed by atoms with van der Waals surface area (Å²) in [6, 6.07) is 20.8. The molecule has 0 amide bonds. The minimum absolute atomic E-state index is 0.487. The van der Waals surface area contributed by atoms with Crippen LogP contribution in [0.2, 0.25) is 5.02 Å². The second kappa shape index (κ2) is 7.88. The maximum atomic E-state index is 6.08. The van der Waals surface area contributed by atoms with Crippen molar-refractivity contribution in [3.8, 4) is 22.4 Å². The Morgan fingerprint density at radius 3 is 2.41 bits per heavy atom. The van der Waals surface area contributed by atoms with E-state index in [0.717, 1.165) is 38.9 Å². The molecule has 4 aromatic rings. The third kappa shape index (κ3) is 3.73. The summed E-state index contributed by atoms with van der Waals surface area (Å²) in [6.07, 6.45) is 8.21. The topological polar surface area (TPSA) is 42.2 Å². The lowest BCUT2D eigenvalue weighted by Gasteiger charge is -2.24. The summed E-state index contributed by atoms with van der Waals surface area (Å²) in [5.41, 5.74) is 4.97. The minimum atomic E-state index is 0.487. The Morgan fingerprint density at radius 1 is 0.897 bits per heavy atom. The Hall–Kier alpha value is -2.85. The van der Waals surface area contributed by atoms with Crippen molar-refractivity contribution in [1.82, 2.24) is 14.6 Å². The molecule has 0 atom stereocenters. The average molecular weight is 403 g/mol. The van der Waals surface area contributed by atoms with Gasteiger partial charge in [-0.25, -0.2) is 4.98 Å². The highest BCUT2D eigenvalue weighted by molar-refractivity contribution is 6.30. The van der Waals surface area contributed by atoms with E-state index in [2.05, 4.69) is 28.6 Å². The summed E-state index contributed by atoms with van der Waals surface area (Å²) in [5, 5.41) is 9.15. The maximum absolute atomic E-state index is 6.08. The van der Waals surface area contributed by atoms with Gasteiger partial charge in [0.2, 0.25) is 0 Å². The minimum Gasteiger partial charge on any atom is -0.367 e. The zero-order chi connectivity index (χ0) is 19.6. The Morgan fingerprint density at radius 2 is 1.66 bits per heavy atom. The van der Waals surface area contributed by atoms with Gasteiger partial charge < -0.3 is 5.32 Å². The molecule has 1 N–H and O–H groups in total. The molecule has 0 radical (unpaired) electrons. The van der Waals surface area contributed by atoms with E-state index in [-0.39, 0.29) is 0 Å². The molecule has 1 fully saturated rings. The van der Waals surface area contributed by atoms with E-state index in [1.54, 1.807) is 0 Å². The summed E-state index contributed by atoms with van der Waals surface area (Å²) in [7, 11) is 0. The highest BCUT2D eigenvalue weighted by Crippen LogP contribution is 2.31. The SMILES string of the molecule is Clc1ccc(-c2cnn3c(NC4CCCCC4)cc(-c4ccccc4)nc23)cc1. The molecule has 0 bridgehead atoms. The van der Waals surface area contributed by atoms with Crippen LogP contribution in [0.1, 0.15) is 32.1 Å². The van der Waals surface area contributed by atoms with Gasteiger partial charge in [-0.2, -0.15) is 9.61 Å². The van der Waals surface area contributed by atoms with Crippen molar-refractivity contribution in [3.05, 3.63) is 71.9 Å². The van der Waals surface area contributed by atoms with Crippen molar-refractivity contribution in [2.45, 2.75) is 38.1 Å². The van der Waals surface area contributed by atoms with Gasteiger partial charge in [0.25, 0.3) is 0 Å². The number of fused-ring (bicyclic) bond motifs is 1. The van der Waals surface area contributed by atoms with Crippen molar-refractivity contribution in [3.63, 3.8) is 0 Å². The van der Waals surface area contributed by atoms with Gasteiger partial charge in [-0.1, -0.05) is 73.3 Å². The van der Waals surface area contributed by atoms with Crippen LogP contribution in [0.25, 0.3) is 28.0 Å². The van der Waals surface area contributed by atoms with Crippen molar-refractivity contribution >= 4 is 23.1 Å². The van der Waals surface area contributed by atoms with E-state index >= 15 is 0 Å². The number of benzene rings is 2. The highest BCUT2D eigenvalue weighted by atomic mass is 35.5. The van der Waals surface area contributed by atoms with Gasteiger partial charge in [0.15, 0.2) is 5.65 Å². The monoisotopic (exact) mass is 402 g/mol. The molecule has 1 saturated carbocycles. The fraction of sp³-hybridized carbons (Fsp3) is 0.250. The number of hydrogen-bond donors (Lipinski definition) is 1. The third-order valence-corrected chi connectivity index (χ3v) is 5.91. The van der Waals surface area contributed by atoms with Crippen molar-refractivity contribution in [2.24, 2.45) is 0 Å². The van der Waals surface area contributed by atoms with E-state index < -0.39 is 0 Å². The normalized spacial score (nSPS) is 14.9. The first-order valence-electron chi connectivity index (χ1n) is 10.2. The van der Waals surface area contributed by atoms with Crippen LogP contribution >= 0.6 is 11.6 Å². The van der Waals surface area contributed by atoms with Crippen LogP contribution in [0.3, 0.4) is 0 Å². The van der Waals surface area contributed by atoms with Crippen molar-refractivity contribution < 1.29 is 0 Å². The lowest BCUT2D eigenvalue weighted by Crippen LogP contribution is -2.23. The summed E-state index contributed by atoms with van der Waals surface area (Å²) < 4.78 is 1.94. The molecule has 0 spiro atoms. The largest absolute Gasteiger partial charge is 0.367 e. The van der Waals surface area contributed by atoms with Crippen LogP contribution < -0.4 is 5.32 Å². The first-order valence-corrected chi connectivity index (χ1v) is 10.6. The Labute approximate surface area is 175 Å². The fourth-order valence-electron chi connectivity index (χ4n) is 4.11. The van der Waals surface area contributed by atoms with Crippen LogP contribution in [0.5, 0.6) is 0 Å².